The van der Waals surface area contributed by atoms with Gasteiger partial charge in [-0.3, -0.25) is 0 Å². The Labute approximate surface area is 74.8 Å². The molecular weight excluding hydrogens is 174 g/mol. The number of aliphatic carboxylic acids is 1. The molecule has 1 aromatic rings. The Balaban J connectivity index is 3.05. The molecule has 3 nitrogen and oxygen atoms in total. The van der Waals surface area contributed by atoms with Gasteiger partial charge in [-0.1, -0.05) is 0 Å². The van der Waals surface area contributed by atoms with Crippen molar-refractivity contribution < 1.29 is 9.90 Å². The Hall–Kier alpha value is -0.870. The van der Waals surface area contributed by atoms with E-state index < -0.39 is 11.5 Å². The van der Waals surface area contributed by atoms with Gasteiger partial charge in [-0.25, -0.2) is 4.79 Å². The molecule has 66 valence electrons. The molecule has 0 bridgehead atoms. The van der Waals surface area contributed by atoms with E-state index in [2.05, 4.69) is 0 Å². The normalized spacial score (nSPS) is 15.6. The number of nitrogens with two attached hydrogens (primary N) is 1. The lowest BCUT2D eigenvalue weighted by Crippen LogP contribution is -2.40. The van der Waals surface area contributed by atoms with E-state index in [0.717, 1.165) is 5.56 Å². The molecular formula is C8H11NO2S. The van der Waals surface area contributed by atoms with Gasteiger partial charge in [0.15, 0.2) is 0 Å². The molecule has 1 aromatic heterocycles. The average Bonchev–Trinajstić information content (AvgIpc) is 2.35. The third kappa shape index (κ3) is 1.49. The van der Waals surface area contributed by atoms with Crippen molar-refractivity contribution in [1.82, 2.24) is 0 Å². The molecule has 0 aliphatic carbocycles. The van der Waals surface area contributed by atoms with Crippen molar-refractivity contribution in [3.63, 3.8) is 0 Å². The van der Waals surface area contributed by atoms with Crippen LogP contribution in [-0.4, -0.2) is 11.1 Å². The van der Waals surface area contributed by atoms with Gasteiger partial charge < -0.3 is 10.8 Å². The van der Waals surface area contributed by atoms with Crippen molar-refractivity contribution in [1.29, 1.82) is 0 Å². The summed E-state index contributed by atoms with van der Waals surface area (Å²) >= 11 is 1.38. The first-order valence-electron chi connectivity index (χ1n) is 3.52. The summed E-state index contributed by atoms with van der Waals surface area (Å²) in [5, 5.41) is 10.7. The summed E-state index contributed by atoms with van der Waals surface area (Å²) < 4.78 is 0. The third-order valence-corrected chi connectivity index (χ3v) is 2.97. The van der Waals surface area contributed by atoms with Crippen LogP contribution in [0.2, 0.25) is 0 Å². The highest BCUT2D eigenvalue weighted by molar-refractivity contribution is 7.10. The standard InChI is InChI=1S/C8H11NO2S/c1-5-3-6(12-4-5)8(2,9)7(10)11/h3-4H,9H2,1-2H3,(H,10,11). The highest BCUT2D eigenvalue weighted by Crippen LogP contribution is 2.25. The monoisotopic (exact) mass is 185 g/mol. The number of hydrogen-bond donors (Lipinski definition) is 2. The van der Waals surface area contributed by atoms with Crippen LogP contribution < -0.4 is 5.73 Å². The van der Waals surface area contributed by atoms with Gasteiger partial charge >= 0.3 is 5.97 Å². The second kappa shape index (κ2) is 2.88. The van der Waals surface area contributed by atoms with Gasteiger partial charge in [-0.05, 0) is 30.9 Å². The van der Waals surface area contributed by atoms with Crippen LogP contribution in [0.15, 0.2) is 11.4 Å². The number of carboxylic acids is 1. The van der Waals surface area contributed by atoms with Crippen LogP contribution >= 0.6 is 11.3 Å². The molecule has 1 heterocycles. The van der Waals surface area contributed by atoms with Crippen LogP contribution in [0.3, 0.4) is 0 Å². The maximum absolute atomic E-state index is 10.7. The van der Waals surface area contributed by atoms with Gasteiger partial charge in [0, 0.05) is 4.88 Å². The van der Waals surface area contributed by atoms with Crippen LogP contribution in [0.5, 0.6) is 0 Å². The van der Waals surface area contributed by atoms with Gasteiger partial charge in [0.1, 0.15) is 5.54 Å². The average molecular weight is 185 g/mol. The van der Waals surface area contributed by atoms with Gasteiger partial charge in [0.25, 0.3) is 0 Å². The number of rotatable bonds is 2. The second-order valence-corrected chi connectivity index (χ2v) is 3.91. The van der Waals surface area contributed by atoms with E-state index in [1.807, 2.05) is 12.3 Å². The Morgan fingerprint density at radius 2 is 2.33 bits per heavy atom. The number of thiophene rings is 1. The molecule has 0 fully saturated rings. The highest BCUT2D eigenvalue weighted by atomic mass is 32.1. The molecule has 1 atom stereocenters. The molecule has 4 heteroatoms. The minimum Gasteiger partial charge on any atom is -0.480 e. The maximum Gasteiger partial charge on any atom is 0.328 e. The zero-order chi connectivity index (χ0) is 9.35. The molecule has 0 spiro atoms. The molecule has 0 saturated carbocycles. The predicted molar refractivity (Wildman–Crippen MR) is 48.2 cm³/mol. The van der Waals surface area contributed by atoms with Crippen molar-refractivity contribution in [2.75, 3.05) is 0 Å². The summed E-state index contributed by atoms with van der Waals surface area (Å²) in [6.45, 7) is 3.42. The quantitative estimate of drug-likeness (QED) is 0.730. The minimum absolute atomic E-state index is 0.688. The molecule has 0 saturated heterocycles. The lowest BCUT2D eigenvalue weighted by molar-refractivity contribution is -0.142. The Morgan fingerprint density at radius 3 is 2.67 bits per heavy atom. The van der Waals surface area contributed by atoms with Gasteiger partial charge in [-0.15, -0.1) is 11.3 Å². The Morgan fingerprint density at radius 1 is 1.75 bits per heavy atom. The highest BCUT2D eigenvalue weighted by Gasteiger charge is 2.31. The van der Waals surface area contributed by atoms with Crippen molar-refractivity contribution in [3.05, 3.63) is 21.9 Å². The third-order valence-electron chi connectivity index (χ3n) is 1.69. The van der Waals surface area contributed by atoms with E-state index in [-0.39, 0.29) is 0 Å². The number of carbonyl (C=O) groups is 1. The molecule has 0 aliphatic heterocycles. The summed E-state index contributed by atoms with van der Waals surface area (Å²) in [5.74, 6) is -0.996. The molecule has 12 heavy (non-hydrogen) atoms. The first kappa shape index (κ1) is 9.22. The molecule has 0 aliphatic rings. The lowest BCUT2D eigenvalue weighted by Gasteiger charge is -2.16. The number of aryl methyl sites for hydroxylation is 1. The summed E-state index contributed by atoms with van der Waals surface area (Å²) in [6.07, 6.45) is 0. The smallest absolute Gasteiger partial charge is 0.328 e. The second-order valence-electron chi connectivity index (χ2n) is 3.00. The van der Waals surface area contributed by atoms with E-state index in [1.54, 1.807) is 6.07 Å². The Bertz CT molecular complexity index is 304. The molecule has 3 N–H and O–H groups in total. The summed E-state index contributed by atoms with van der Waals surface area (Å²) in [4.78, 5) is 11.4. The van der Waals surface area contributed by atoms with Crippen molar-refractivity contribution in [2.24, 2.45) is 5.73 Å². The summed E-state index contributed by atoms with van der Waals surface area (Å²) in [6, 6.07) is 1.80. The van der Waals surface area contributed by atoms with E-state index in [1.165, 1.54) is 18.3 Å². The number of hydrogen-bond acceptors (Lipinski definition) is 3. The van der Waals surface area contributed by atoms with Crippen molar-refractivity contribution >= 4 is 17.3 Å². The van der Waals surface area contributed by atoms with Crippen LogP contribution in [-0.2, 0) is 10.3 Å². The van der Waals surface area contributed by atoms with Gasteiger partial charge in [0.05, 0.1) is 0 Å². The summed E-state index contributed by atoms with van der Waals surface area (Å²) in [5.41, 5.74) is 5.40. The van der Waals surface area contributed by atoms with Crippen LogP contribution in [0.4, 0.5) is 0 Å². The van der Waals surface area contributed by atoms with Crippen molar-refractivity contribution in [2.45, 2.75) is 19.4 Å². The van der Waals surface area contributed by atoms with Crippen molar-refractivity contribution in [3.8, 4) is 0 Å². The first-order chi connectivity index (χ1) is 5.44. The first-order valence-corrected chi connectivity index (χ1v) is 4.40. The Kier molecular flexibility index (Phi) is 2.21. The summed E-state index contributed by atoms with van der Waals surface area (Å²) in [7, 11) is 0. The fraction of sp³-hybridized carbons (Fsp3) is 0.375. The topological polar surface area (TPSA) is 63.3 Å². The van der Waals surface area contributed by atoms with E-state index in [4.69, 9.17) is 10.8 Å². The zero-order valence-electron chi connectivity index (χ0n) is 7.00. The fourth-order valence-electron chi connectivity index (χ4n) is 0.809. The van der Waals surface area contributed by atoms with Crippen LogP contribution in [0.1, 0.15) is 17.4 Å². The van der Waals surface area contributed by atoms with Crippen LogP contribution in [0, 0.1) is 6.92 Å². The zero-order valence-corrected chi connectivity index (χ0v) is 7.81. The minimum atomic E-state index is -1.25. The fourth-order valence-corrected chi connectivity index (χ4v) is 1.78. The van der Waals surface area contributed by atoms with Gasteiger partial charge in [-0.2, -0.15) is 0 Å². The predicted octanol–water partition coefficient (Wildman–Crippen LogP) is 1.32. The van der Waals surface area contributed by atoms with E-state index in [0.29, 0.717) is 4.88 Å². The molecule has 0 radical (unpaired) electrons. The molecule has 0 aromatic carbocycles. The molecule has 1 rings (SSSR count). The number of carboxylic acid groups (broad SMARTS) is 1. The molecule has 1 unspecified atom stereocenters. The van der Waals surface area contributed by atoms with Gasteiger partial charge in [0.2, 0.25) is 0 Å². The van der Waals surface area contributed by atoms with E-state index >= 15 is 0 Å². The molecule has 0 amide bonds. The largest absolute Gasteiger partial charge is 0.480 e. The lowest BCUT2D eigenvalue weighted by atomic mass is 10.0. The SMILES string of the molecule is Cc1csc(C(C)(N)C(=O)O)c1. The van der Waals surface area contributed by atoms with Crippen LogP contribution in [0.25, 0.3) is 0 Å². The maximum atomic E-state index is 10.7. The van der Waals surface area contributed by atoms with E-state index in [9.17, 15) is 4.79 Å².